The van der Waals surface area contributed by atoms with E-state index in [1.807, 2.05) is 37.3 Å². The molecular weight excluding hydrogens is 584 g/mol. The first-order valence-electron chi connectivity index (χ1n) is 16.0. The minimum absolute atomic E-state index is 0.102. The van der Waals surface area contributed by atoms with Gasteiger partial charge in [-0.2, -0.15) is 0 Å². The predicted octanol–water partition coefficient (Wildman–Crippen LogP) is 4.38. The van der Waals surface area contributed by atoms with E-state index in [1.165, 1.54) is 0 Å². The van der Waals surface area contributed by atoms with Gasteiger partial charge >= 0.3 is 6.09 Å². The van der Waals surface area contributed by atoms with E-state index in [0.29, 0.717) is 56.9 Å². The molecule has 2 atom stereocenters. The van der Waals surface area contributed by atoms with Gasteiger partial charge < -0.3 is 35.3 Å². The van der Waals surface area contributed by atoms with Gasteiger partial charge in [0.25, 0.3) is 0 Å². The van der Waals surface area contributed by atoms with Crippen molar-refractivity contribution in [2.45, 2.75) is 64.1 Å². The number of hydrogen-bond acceptors (Lipinski definition) is 9. The summed E-state index contributed by atoms with van der Waals surface area (Å²) >= 11 is 0. The van der Waals surface area contributed by atoms with Crippen molar-refractivity contribution in [3.05, 3.63) is 84.2 Å². The number of fused-ring (bicyclic) bond motifs is 1. The van der Waals surface area contributed by atoms with E-state index in [-0.39, 0.29) is 18.6 Å². The maximum Gasteiger partial charge on any atom is 0.408 e. The molecule has 46 heavy (non-hydrogen) atoms. The van der Waals surface area contributed by atoms with Crippen molar-refractivity contribution in [2.75, 3.05) is 37.7 Å². The smallest absolute Gasteiger partial charge is 0.408 e. The number of unbranched alkanes of at least 4 members (excludes halogenated alkanes) is 1. The summed E-state index contributed by atoms with van der Waals surface area (Å²) in [6.45, 7) is 8.87. The minimum Gasteiger partial charge on any atom is -0.491 e. The molecule has 2 amide bonds. The number of ether oxygens (including phenoxy) is 2. The molecule has 2 aliphatic heterocycles. The number of benzene rings is 1. The molecule has 2 saturated heterocycles. The van der Waals surface area contributed by atoms with Crippen molar-refractivity contribution in [1.29, 1.82) is 0 Å². The molecular formula is C34H44N8O4. The van der Waals surface area contributed by atoms with Crippen LogP contribution >= 0.6 is 0 Å². The van der Waals surface area contributed by atoms with Gasteiger partial charge in [0.15, 0.2) is 11.5 Å². The number of anilines is 1. The highest BCUT2D eigenvalue weighted by molar-refractivity contribution is 5.86. The average Bonchev–Trinajstić information content (AvgIpc) is 3.77. The Bertz CT molecular complexity index is 1550. The number of H-pyrrole nitrogens is 1. The molecule has 0 saturated carbocycles. The molecule has 2 unspecified atom stereocenters. The maximum atomic E-state index is 13.9. The lowest BCUT2D eigenvalue weighted by molar-refractivity contribution is -0.133. The summed E-state index contributed by atoms with van der Waals surface area (Å²) < 4.78 is 11.9. The van der Waals surface area contributed by atoms with Crippen LogP contribution in [0.25, 0.3) is 11.2 Å². The molecule has 12 heteroatoms. The van der Waals surface area contributed by atoms with Crippen molar-refractivity contribution in [1.82, 2.24) is 30.2 Å². The van der Waals surface area contributed by atoms with Gasteiger partial charge in [-0.25, -0.2) is 19.7 Å². The maximum absolute atomic E-state index is 13.9. The molecule has 0 radical (unpaired) electrons. The Balaban J connectivity index is 1.27. The number of carbonyl (C=O) groups excluding carboxylic acids is 2. The number of likely N-dealkylation sites (tertiary alicyclic amines) is 1. The van der Waals surface area contributed by atoms with Crippen molar-refractivity contribution < 1.29 is 19.1 Å². The number of nitrogens with two attached hydrogens (primary N) is 1. The number of amides is 2. The first-order chi connectivity index (χ1) is 22.5. The minimum atomic E-state index is -0.726. The van der Waals surface area contributed by atoms with Gasteiger partial charge in [0.05, 0.1) is 12.4 Å². The lowest BCUT2D eigenvalue weighted by Gasteiger charge is -2.34. The normalized spacial score (nSPS) is 19.3. The van der Waals surface area contributed by atoms with Gasteiger partial charge in [0.1, 0.15) is 36.9 Å². The largest absolute Gasteiger partial charge is 0.491 e. The van der Waals surface area contributed by atoms with E-state index in [1.54, 1.807) is 23.6 Å². The Hall–Kier alpha value is -4.71. The fourth-order valence-electron chi connectivity index (χ4n) is 6.11. The Morgan fingerprint density at radius 2 is 2.02 bits per heavy atom. The summed E-state index contributed by atoms with van der Waals surface area (Å²) in [6.07, 6.45) is 10.9. The quantitative estimate of drug-likeness (QED) is 0.185. The lowest BCUT2D eigenvalue weighted by Crippen LogP contribution is -2.50. The second-order valence-electron chi connectivity index (χ2n) is 11.5. The molecule has 2 fully saturated rings. The van der Waals surface area contributed by atoms with Gasteiger partial charge in [-0.1, -0.05) is 43.0 Å². The number of hydrogen-bond donors (Lipinski definition) is 3. The zero-order valence-electron chi connectivity index (χ0n) is 26.5. The highest BCUT2D eigenvalue weighted by atomic mass is 16.5. The highest BCUT2D eigenvalue weighted by Crippen LogP contribution is 2.31. The number of imidazole rings is 1. The van der Waals surface area contributed by atoms with Crippen LogP contribution in [0.1, 0.15) is 51.0 Å². The average molecular weight is 629 g/mol. The van der Waals surface area contributed by atoms with Crippen LogP contribution in [0.2, 0.25) is 0 Å². The third kappa shape index (κ3) is 7.92. The van der Waals surface area contributed by atoms with Crippen LogP contribution < -0.4 is 16.0 Å². The number of aromatic amines is 1. The molecule has 3 aromatic rings. The summed E-state index contributed by atoms with van der Waals surface area (Å²) in [5.74, 6) is 1.32. The summed E-state index contributed by atoms with van der Waals surface area (Å²) in [5.41, 5.74) is 10.1. The van der Waals surface area contributed by atoms with E-state index in [0.717, 1.165) is 53.9 Å². The van der Waals surface area contributed by atoms with E-state index in [4.69, 9.17) is 15.2 Å². The van der Waals surface area contributed by atoms with Crippen molar-refractivity contribution >= 4 is 29.0 Å². The molecule has 2 aromatic heterocycles. The molecule has 2 aliphatic rings. The number of nitrogens with zero attached hydrogens (tertiary/aromatic N) is 5. The molecule has 4 N–H and O–H groups in total. The third-order valence-corrected chi connectivity index (χ3v) is 8.56. The fraction of sp³-hybridized carbons (Fsp3) is 0.441. The summed E-state index contributed by atoms with van der Waals surface area (Å²) in [6, 6.07) is 8.82. The van der Waals surface area contributed by atoms with Crippen molar-refractivity contribution in [3.8, 4) is 0 Å². The highest BCUT2D eigenvalue weighted by Gasteiger charge is 2.32. The molecule has 244 valence electrons. The number of carbonyl (C=O) groups is 2. The second-order valence-corrected chi connectivity index (χ2v) is 11.5. The summed E-state index contributed by atoms with van der Waals surface area (Å²) in [4.78, 5) is 46.9. The number of nitrogens with one attached hydrogen (secondary N) is 2. The Kier molecular flexibility index (Phi) is 11.4. The molecule has 4 heterocycles. The first kappa shape index (κ1) is 32.7. The predicted molar refractivity (Wildman–Crippen MR) is 177 cm³/mol. The van der Waals surface area contributed by atoms with Gasteiger partial charge in [-0.15, -0.1) is 0 Å². The second kappa shape index (κ2) is 16.0. The topological polar surface area (TPSA) is 152 Å². The van der Waals surface area contributed by atoms with Crippen LogP contribution in [0, 0.1) is 0 Å². The van der Waals surface area contributed by atoms with Crippen LogP contribution in [0.15, 0.2) is 78.6 Å². The summed E-state index contributed by atoms with van der Waals surface area (Å²) in [7, 11) is 0. The standard InChI is InChI=1S/C34H44N8O4/c1-3-25-15-18-41(33(43)28(14-8-9-16-35)40-34(44)46-20-24-11-6-5-7-12-24)19-27(25)29(4-2)45-21-26-13-10-17-42(26)32-30-31(37-22-36-30)38-23-39-32/h3-7,11-12,22-23,26,28H,2,8-10,13-21,35H2,1H3,(H,40,44)(H,36,37,38,39). The first-order valence-corrected chi connectivity index (χ1v) is 16.0. The number of aromatic nitrogens is 4. The molecule has 1 aromatic carbocycles. The number of piperidine rings is 1. The van der Waals surface area contributed by atoms with E-state index in [2.05, 4.69) is 42.8 Å². The van der Waals surface area contributed by atoms with E-state index in [9.17, 15) is 9.59 Å². The van der Waals surface area contributed by atoms with Crippen LogP contribution in [0.5, 0.6) is 0 Å². The van der Waals surface area contributed by atoms with Crippen LogP contribution in [-0.2, 0) is 20.9 Å². The Morgan fingerprint density at radius 3 is 2.80 bits per heavy atom. The van der Waals surface area contributed by atoms with Crippen LogP contribution in [-0.4, -0.2) is 81.7 Å². The van der Waals surface area contributed by atoms with E-state index < -0.39 is 12.1 Å². The van der Waals surface area contributed by atoms with Gasteiger partial charge in [-0.3, -0.25) is 4.79 Å². The zero-order valence-corrected chi connectivity index (χ0v) is 26.5. The van der Waals surface area contributed by atoms with Gasteiger partial charge in [-0.05, 0) is 69.2 Å². The molecule has 0 aliphatic carbocycles. The molecule has 0 spiro atoms. The SMILES string of the molecule is C=CC(OCC1CCCN1c1ncnc2nc[nH]c12)=C1CN(C(=O)C(CCCCN)NC(=O)OCc2ccccc2)CCC1=CC. The lowest BCUT2D eigenvalue weighted by atomic mass is 9.95. The van der Waals surface area contributed by atoms with Crippen LogP contribution in [0.4, 0.5) is 10.6 Å². The zero-order chi connectivity index (χ0) is 32.3. The van der Waals surface area contributed by atoms with Crippen LogP contribution in [0.3, 0.4) is 0 Å². The fourth-order valence-corrected chi connectivity index (χ4v) is 6.11. The van der Waals surface area contributed by atoms with Crippen molar-refractivity contribution in [3.63, 3.8) is 0 Å². The van der Waals surface area contributed by atoms with E-state index >= 15 is 0 Å². The summed E-state index contributed by atoms with van der Waals surface area (Å²) in [5, 5.41) is 2.82. The number of alkyl carbamates (subject to hydrolysis) is 1. The Morgan fingerprint density at radius 1 is 1.17 bits per heavy atom. The Labute approximate surface area is 269 Å². The molecule has 5 rings (SSSR count). The number of allylic oxidation sites excluding steroid dienone is 2. The monoisotopic (exact) mass is 628 g/mol. The molecule has 0 bridgehead atoms. The third-order valence-electron chi connectivity index (χ3n) is 8.56. The van der Waals surface area contributed by atoms with Gasteiger partial charge in [0.2, 0.25) is 5.91 Å². The van der Waals surface area contributed by atoms with Gasteiger partial charge in [0, 0.05) is 25.2 Å². The number of rotatable bonds is 13. The van der Waals surface area contributed by atoms with Crippen molar-refractivity contribution in [2.24, 2.45) is 5.73 Å². The molecule has 12 nitrogen and oxygen atoms in total.